The first-order chi connectivity index (χ1) is 7.75. The Bertz CT molecular complexity index is 463. The molecule has 0 saturated carbocycles. The molecule has 2 aromatic rings. The van der Waals surface area contributed by atoms with Crippen molar-refractivity contribution in [2.45, 2.75) is 32.2 Å². The van der Waals surface area contributed by atoms with Gasteiger partial charge in [0, 0.05) is 17.1 Å². The van der Waals surface area contributed by atoms with Gasteiger partial charge in [-0.05, 0) is 38.3 Å². The molecule has 84 valence electrons. The molecule has 1 atom stereocenters. The number of benzene rings is 1. The Morgan fingerprint density at radius 2 is 2.00 bits per heavy atom. The molecule has 0 saturated heterocycles. The van der Waals surface area contributed by atoms with Crippen molar-refractivity contribution in [1.29, 1.82) is 0 Å². The number of nitrogens with two attached hydrogens (primary N) is 1. The highest BCUT2D eigenvalue weighted by atomic mass is 14.7. The van der Waals surface area contributed by atoms with Gasteiger partial charge in [0.05, 0.1) is 5.52 Å². The fourth-order valence-corrected chi connectivity index (χ4v) is 1.85. The smallest absolute Gasteiger partial charge is 0.0705 e. The largest absolute Gasteiger partial charge is 0.328 e. The molecule has 1 aromatic carbocycles. The topological polar surface area (TPSA) is 38.9 Å². The number of aryl methyl sites for hydroxylation is 1. The molecular weight excluding hydrogens is 196 g/mol. The van der Waals surface area contributed by atoms with Crippen LogP contribution in [0.2, 0.25) is 0 Å². The third-order valence-electron chi connectivity index (χ3n) is 2.75. The molecule has 2 N–H and O–H groups in total. The molecule has 2 rings (SSSR count). The third kappa shape index (κ3) is 2.80. The normalized spacial score (nSPS) is 12.9. The molecule has 1 unspecified atom stereocenters. The highest BCUT2D eigenvalue weighted by Gasteiger charge is 1.99. The van der Waals surface area contributed by atoms with Gasteiger partial charge >= 0.3 is 0 Å². The number of aromatic nitrogens is 1. The van der Waals surface area contributed by atoms with Crippen molar-refractivity contribution in [2.75, 3.05) is 0 Å². The molecule has 0 aliphatic carbocycles. The van der Waals surface area contributed by atoms with E-state index in [1.54, 1.807) is 0 Å². The second kappa shape index (κ2) is 5.08. The molecule has 0 bridgehead atoms. The van der Waals surface area contributed by atoms with Gasteiger partial charge in [0.1, 0.15) is 0 Å². The Morgan fingerprint density at radius 1 is 1.19 bits per heavy atom. The first kappa shape index (κ1) is 11.1. The third-order valence-corrected chi connectivity index (χ3v) is 2.75. The van der Waals surface area contributed by atoms with Crippen LogP contribution in [-0.2, 0) is 6.42 Å². The average Bonchev–Trinajstić information content (AvgIpc) is 2.28. The zero-order valence-electron chi connectivity index (χ0n) is 9.69. The second-order valence-corrected chi connectivity index (χ2v) is 4.36. The summed E-state index contributed by atoms with van der Waals surface area (Å²) in [5.41, 5.74) is 7.98. The number of para-hydroxylation sites is 1. The number of hydrogen-bond acceptors (Lipinski definition) is 2. The molecule has 1 heterocycles. The zero-order chi connectivity index (χ0) is 11.4. The maximum absolute atomic E-state index is 5.73. The molecule has 1 aromatic heterocycles. The summed E-state index contributed by atoms with van der Waals surface area (Å²) >= 11 is 0. The fourth-order valence-electron chi connectivity index (χ4n) is 1.85. The minimum atomic E-state index is 0.292. The molecule has 2 heteroatoms. The summed E-state index contributed by atoms with van der Waals surface area (Å²) in [5, 5.41) is 1.21. The van der Waals surface area contributed by atoms with E-state index in [0.717, 1.165) is 24.8 Å². The van der Waals surface area contributed by atoms with Crippen LogP contribution >= 0.6 is 0 Å². The SMILES string of the molecule is CC(N)CCCc1ccc2ccccc2n1. The second-order valence-electron chi connectivity index (χ2n) is 4.36. The van der Waals surface area contributed by atoms with Gasteiger partial charge in [0.2, 0.25) is 0 Å². The highest BCUT2D eigenvalue weighted by molar-refractivity contribution is 5.78. The van der Waals surface area contributed by atoms with Crippen LogP contribution in [0.1, 0.15) is 25.5 Å². The van der Waals surface area contributed by atoms with Crippen molar-refractivity contribution in [3.05, 3.63) is 42.1 Å². The number of nitrogens with zero attached hydrogens (tertiary/aromatic N) is 1. The lowest BCUT2D eigenvalue weighted by Crippen LogP contribution is -2.14. The molecule has 0 amide bonds. The summed E-state index contributed by atoms with van der Waals surface area (Å²) in [7, 11) is 0. The van der Waals surface area contributed by atoms with E-state index in [9.17, 15) is 0 Å². The number of pyridine rings is 1. The summed E-state index contributed by atoms with van der Waals surface area (Å²) in [6.07, 6.45) is 3.20. The monoisotopic (exact) mass is 214 g/mol. The predicted molar refractivity (Wildman–Crippen MR) is 68.3 cm³/mol. The van der Waals surface area contributed by atoms with Gasteiger partial charge in [-0.25, -0.2) is 0 Å². The molecule has 0 spiro atoms. The van der Waals surface area contributed by atoms with Gasteiger partial charge in [0.25, 0.3) is 0 Å². The molecule has 16 heavy (non-hydrogen) atoms. The van der Waals surface area contributed by atoms with E-state index >= 15 is 0 Å². The quantitative estimate of drug-likeness (QED) is 0.850. The Labute approximate surface area is 96.5 Å². The summed E-state index contributed by atoms with van der Waals surface area (Å²) in [4.78, 5) is 4.63. The van der Waals surface area contributed by atoms with Gasteiger partial charge in [-0.1, -0.05) is 24.3 Å². The Kier molecular flexibility index (Phi) is 3.52. The molecule has 0 fully saturated rings. The van der Waals surface area contributed by atoms with E-state index in [4.69, 9.17) is 5.73 Å². The van der Waals surface area contributed by atoms with Crippen LogP contribution < -0.4 is 5.73 Å². The van der Waals surface area contributed by atoms with Gasteiger partial charge in [-0.3, -0.25) is 4.98 Å². The van der Waals surface area contributed by atoms with Gasteiger partial charge in [0.15, 0.2) is 0 Å². The van der Waals surface area contributed by atoms with Gasteiger partial charge < -0.3 is 5.73 Å². The highest BCUT2D eigenvalue weighted by Crippen LogP contribution is 2.13. The molecule has 0 aliphatic heterocycles. The van der Waals surface area contributed by atoms with Crippen LogP contribution in [0.15, 0.2) is 36.4 Å². The van der Waals surface area contributed by atoms with Crippen molar-refractivity contribution in [3.63, 3.8) is 0 Å². The lowest BCUT2D eigenvalue weighted by Gasteiger charge is -2.05. The lowest BCUT2D eigenvalue weighted by molar-refractivity contribution is 0.620. The Morgan fingerprint density at radius 3 is 2.81 bits per heavy atom. The van der Waals surface area contributed by atoms with E-state index in [-0.39, 0.29) is 0 Å². The summed E-state index contributed by atoms with van der Waals surface area (Å²) in [6.45, 7) is 2.05. The van der Waals surface area contributed by atoms with Crippen LogP contribution in [0.4, 0.5) is 0 Å². The number of rotatable bonds is 4. The van der Waals surface area contributed by atoms with Gasteiger partial charge in [-0.15, -0.1) is 0 Å². The van der Waals surface area contributed by atoms with Crippen LogP contribution in [0.5, 0.6) is 0 Å². The van der Waals surface area contributed by atoms with Crippen LogP contribution in [-0.4, -0.2) is 11.0 Å². The summed E-state index contributed by atoms with van der Waals surface area (Å²) in [5.74, 6) is 0. The Balaban J connectivity index is 2.08. The van der Waals surface area contributed by atoms with E-state index in [2.05, 4.69) is 29.2 Å². The summed E-state index contributed by atoms with van der Waals surface area (Å²) in [6, 6.07) is 12.8. The van der Waals surface area contributed by atoms with Crippen molar-refractivity contribution in [2.24, 2.45) is 5.73 Å². The predicted octanol–water partition coefficient (Wildman–Crippen LogP) is 2.90. The molecular formula is C14H18N2. The van der Waals surface area contributed by atoms with Crippen molar-refractivity contribution >= 4 is 10.9 Å². The fraction of sp³-hybridized carbons (Fsp3) is 0.357. The molecule has 0 radical (unpaired) electrons. The summed E-state index contributed by atoms with van der Waals surface area (Å²) < 4.78 is 0. The van der Waals surface area contributed by atoms with Crippen LogP contribution in [0.25, 0.3) is 10.9 Å². The van der Waals surface area contributed by atoms with Crippen molar-refractivity contribution in [3.8, 4) is 0 Å². The lowest BCUT2D eigenvalue weighted by atomic mass is 10.1. The minimum absolute atomic E-state index is 0.292. The zero-order valence-corrected chi connectivity index (χ0v) is 9.69. The van der Waals surface area contributed by atoms with Gasteiger partial charge in [-0.2, -0.15) is 0 Å². The Hall–Kier alpha value is -1.41. The molecule has 0 aliphatic rings. The maximum Gasteiger partial charge on any atom is 0.0705 e. The van der Waals surface area contributed by atoms with E-state index in [1.807, 2.05) is 19.1 Å². The first-order valence-electron chi connectivity index (χ1n) is 5.86. The minimum Gasteiger partial charge on any atom is -0.328 e. The first-order valence-corrected chi connectivity index (χ1v) is 5.86. The standard InChI is InChI=1S/C14H18N2/c1-11(15)5-4-7-13-10-9-12-6-2-3-8-14(12)16-13/h2-3,6,8-11H,4-5,7,15H2,1H3. The van der Waals surface area contributed by atoms with E-state index in [0.29, 0.717) is 6.04 Å². The van der Waals surface area contributed by atoms with E-state index < -0.39 is 0 Å². The van der Waals surface area contributed by atoms with Crippen LogP contribution in [0.3, 0.4) is 0 Å². The van der Waals surface area contributed by atoms with Crippen molar-refractivity contribution in [1.82, 2.24) is 4.98 Å². The molecule has 2 nitrogen and oxygen atoms in total. The average molecular weight is 214 g/mol. The maximum atomic E-state index is 5.73. The van der Waals surface area contributed by atoms with Crippen LogP contribution in [0, 0.1) is 0 Å². The van der Waals surface area contributed by atoms with Crippen molar-refractivity contribution < 1.29 is 0 Å². The van der Waals surface area contributed by atoms with E-state index in [1.165, 1.54) is 11.1 Å². The number of fused-ring (bicyclic) bond motifs is 1. The number of hydrogen-bond donors (Lipinski definition) is 1.